The second kappa shape index (κ2) is 24.6. The molecule has 2 heterocycles. The van der Waals surface area contributed by atoms with E-state index in [1.165, 1.54) is 173 Å². The van der Waals surface area contributed by atoms with Crippen LogP contribution in [0.5, 0.6) is 0 Å². The third-order valence-electron chi connectivity index (χ3n) is 11.7. The van der Waals surface area contributed by atoms with Crippen LogP contribution in [0.1, 0.15) is 254 Å². The predicted octanol–water partition coefficient (Wildman–Crippen LogP) is 14.0. The van der Waals surface area contributed by atoms with E-state index in [9.17, 15) is 4.79 Å². The molecule has 4 nitrogen and oxygen atoms in total. The quantitative estimate of drug-likeness (QED) is 0.0737. The van der Waals surface area contributed by atoms with Gasteiger partial charge in [-0.15, -0.1) is 0 Å². The Morgan fingerprint density at radius 1 is 0.490 bits per heavy atom. The number of hydrogen-bond donors (Lipinski definition) is 1. The number of carbonyl (C=O) groups excluding carboxylic acids is 1. The average Bonchev–Trinajstić information content (AvgIpc) is 3.24. The molecule has 0 aliphatic carbocycles. The molecule has 0 aromatic heterocycles. The maximum Gasteiger partial charge on any atom is 0.257 e. The van der Waals surface area contributed by atoms with E-state index in [2.05, 4.69) is 58.7 Å². The number of amides is 1. The van der Waals surface area contributed by atoms with Gasteiger partial charge in [0.15, 0.2) is 5.60 Å². The fourth-order valence-electron chi connectivity index (χ4n) is 9.59. The van der Waals surface area contributed by atoms with Crippen molar-refractivity contribution in [1.82, 2.24) is 10.2 Å². The maximum absolute atomic E-state index is 14.7. The second-order valence-electron chi connectivity index (χ2n) is 18.1. The van der Waals surface area contributed by atoms with Crippen LogP contribution in [0.2, 0.25) is 0 Å². The first-order valence-electron chi connectivity index (χ1n) is 22.4. The summed E-state index contributed by atoms with van der Waals surface area (Å²) in [5, 5.41) is 3.84. The van der Waals surface area contributed by atoms with Gasteiger partial charge in [-0.05, 0) is 59.8 Å². The van der Waals surface area contributed by atoms with E-state index in [1.807, 2.05) is 0 Å². The molecule has 4 heteroatoms. The zero-order valence-corrected chi connectivity index (χ0v) is 34.6. The van der Waals surface area contributed by atoms with Gasteiger partial charge < -0.3 is 15.0 Å². The predicted molar refractivity (Wildman–Crippen MR) is 214 cm³/mol. The topological polar surface area (TPSA) is 41.6 Å². The summed E-state index contributed by atoms with van der Waals surface area (Å²) in [6.07, 6.45) is 41.0. The van der Waals surface area contributed by atoms with Gasteiger partial charge in [-0.3, -0.25) is 4.79 Å². The monoisotopic (exact) mass is 689 g/mol. The van der Waals surface area contributed by atoms with Crippen molar-refractivity contribution in [3.05, 3.63) is 0 Å². The van der Waals surface area contributed by atoms with Crippen LogP contribution < -0.4 is 5.32 Å². The van der Waals surface area contributed by atoms with Crippen LogP contribution in [0.25, 0.3) is 0 Å². The van der Waals surface area contributed by atoms with Gasteiger partial charge in [0.25, 0.3) is 5.91 Å². The molecule has 2 fully saturated rings. The van der Waals surface area contributed by atoms with Crippen LogP contribution in [0.3, 0.4) is 0 Å². The van der Waals surface area contributed by atoms with Crippen molar-refractivity contribution < 1.29 is 9.53 Å². The van der Waals surface area contributed by atoms with Crippen LogP contribution in [0, 0.1) is 0 Å². The van der Waals surface area contributed by atoms with Crippen LogP contribution in [-0.2, 0) is 9.53 Å². The van der Waals surface area contributed by atoms with E-state index in [-0.39, 0.29) is 11.1 Å². The summed E-state index contributed by atoms with van der Waals surface area (Å²) in [5.74, 6) is 0.310. The lowest BCUT2D eigenvalue weighted by molar-refractivity contribution is -0.176. The number of piperidine rings is 1. The molecule has 0 bridgehead atoms. The maximum atomic E-state index is 14.7. The van der Waals surface area contributed by atoms with Crippen molar-refractivity contribution in [2.45, 2.75) is 276 Å². The molecule has 2 rings (SSSR count). The number of nitrogens with one attached hydrogen (secondary N) is 1. The van der Waals surface area contributed by atoms with E-state index in [0.717, 1.165) is 38.6 Å². The van der Waals surface area contributed by atoms with Crippen molar-refractivity contribution in [2.24, 2.45) is 0 Å². The number of unbranched alkanes of at least 4 members (excludes halogenated alkanes) is 25. The van der Waals surface area contributed by atoms with Crippen molar-refractivity contribution in [1.29, 1.82) is 0 Å². The van der Waals surface area contributed by atoms with Crippen molar-refractivity contribution >= 4 is 5.91 Å². The van der Waals surface area contributed by atoms with Gasteiger partial charge in [0, 0.05) is 30.5 Å². The third kappa shape index (κ3) is 17.2. The van der Waals surface area contributed by atoms with Gasteiger partial charge in [-0.25, -0.2) is 0 Å². The van der Waals surface area contributed by atoms with Gasteiger partial charge in [-0.2, -0.15) is 0 Å². The summed E-state index contributed by atoms with van der Waals surface area (Å²) in [5.41, 5.74) is -1.39. The average molecular weight is 689 g/mol. The highest BCUT2D eigenvalue weighted by atomic mass is 16.6. The van der Waals surface area contributed by atoms with Gasteiger partial charge in [0.1, 0.15) is 5.72 Å². The Kier molecular flexibility index (Phi) is 22.4. The summed E-state index contributed by atoms with van der Waals surface area (Å²) in [7, 11) is 0. The number of nitrogens with zero attached hydrogens (tertiary/aromatic N) is 1. The molecule has 2 aliphatic heterocycles. The second-order valence-corrected chi connectivity index (χ2v) is 18.1. The molecule has 0 unspecified atom stereocenters. The normalized spacial score (nSPS) is 19.3. The lowest BCUT2D eigenvalue weighted by atomic mass is 9.72. The number of hydrogen-bond acceptors (Lipinski definition) is 3. The molecular formula is C45H88N2O2. The van der Waals surface area contributed by atoms with Crippen LogP contribution in [0.4, 0.5) is 0 Å². The summed E-state index contributed by atoms with van der Waals surface area (Å²) >= 11 is 0. The minimum atomic E-state index is -0.697. The van der Waals surface area contributed by atoms with E-state index >= 15 is 0 Å². The molecule has 1 amide bonds. The van der Waals surface area contributed by atoms with E-state index in [1.54, 1.807) is 0 Å². The Balaban J connectivity index is 2.01. The SMILES string of the molecule is CCCCCCCCCCCCCCC1(CCCCCCCCCCCCCC)OC2(CC(C)(C)NC(C)(C)C2)C(=O)N1CCCCCC. The first-order valence-corrected chi connectivity index (χ1v) is 22.4. The molecular weight excluding hydrogens is 601 g/mol. The van der Waals surface area contributed by atoms with Gasteiger partial charge in [-0.1, -0.05) is 181 Å². The smallest absolute Gasteiger partial charge is 0.257 e. The molecule has 2 aliphatic rings. The minimum Gasteiger partial charge on any atom is -0.339 e. The lowest BCUT2D eigenvalue weighted by Gasteiger charge is -2.50. The summed E-state index contributed by atoms with van der Waals surface area (Å²) in [4.78, 5) is 17.1. The van der Waals surface area contributed by atoms with E-state index in [4.69, 9.17) is 4.74 Å². The highest BCUT2D eigenvalue weighted by molar-refractivity contribution is 5.88. The van der Waals surface area contributed by atoms with Gasteiger partial charge >= 0.3 is 0 Å². The summed E-state index contributed by atoms with van der Waals surface area (Å²) in [6, 6.07) is 0. The van der Waals surface area contributed by atoms with Crippen molar-refractivity contribution in [3.63, 3.8) is 0 Å². The van der Waals surface area contributed by atoms with Crippen LogP contribution in [-0.4, -0.2) is 39.8 Å². The van der Waals surface area contributed by atoms with Crippen molar-refractivity contribution in [2.75, 3.05) is 6.54 Å². The van der Waals surface area contributed by atoms with E-state index in [0.29, 0.717) is 5.91 Å². The van der Waals surface area contributed by atoms with Crippen LogP contribution in [0.15, 0.2) is 0 Å². The minimum absolute atomic E-state index is 0.132. The summed E-state index contributed by atoms with van der Waals surface area (Å²) in [6.45, 7) is 16.8. The molecule has 0 atom stereocenters. The van der Waals surface area contributed by atoms with Crippen LogP contribution >= 0.6 is 0 Å². The summed E-state index contributed by atoms with van der Waals surface area (Å²) < 4.78 is 7.47. The standard InChI is InChI=1S/C45H88N2O2/c1-8-11-14-17-19-21-23-25-27-29-31-33-36-45(37-34-32-30-28-26-24-22-20-18-15-12-9-2)47(38-35-16-13-10-3)41(48)44(49-45)39-42(4,5)46-43(6,7)40-44/h46H,8-40H2,1-7H3. The Morgan fingerprint density at radius 3 is 1.14 bits per heavy atom. The first kappa shape index (κ1) is 44.6. The molecule has 0 aromatic carbocycles. The molecule has 0 radical (unpaired) electrons. The van der Waals surface area contributed by atoms with E-state index < -0.39 is 11.3 Å². The largest absolute Gasteiger partial charge is 0.339 e. The fourth-order valence-corrected chi connectivity index (χ4v) is 9.59. The molecule has 49 heavy (non-hydrogen) atoms. The Bertz CT molecular complexity index is 792. The molecule has 0 saturated carbocycles. The highest BCUT2D eigenvalue weighted by Crippen LogP contribution is 2.51. The third-order valence-corrected chi connectivity index (χ3v) is 11.7. The number of rotatable bonds is 31. The highest BCUT2D eigenvalue weighted by Gasteiger charge is 2.64. The Hall–Kier alpha value is -0.610. The molecule has 2 saturated heterocycles. The molecule has 1 N–H and O–H groups in total. The number of carbonyl (C=O) groups is 1. The van der Waals surface area contributed by atoms with Gasteiger partial charge in [0.2, 0.25) is 0 Å². The lowest BCUT2D eigenvalue weighted by Crippen LogP contribution is -2.65. The number of ether oxygens (including phenoxy) is 1. The first-order chi connectivity index (χ1) is 23.6. The zero-order valence-electron chi connectivity index (χ0n) is 34.6. The molecule has 0 aromatic rings. The molecule has 290 valence electrons. The molecule has 1 spiro atoms. The fraction of sp³-hybridized carbons (Fsp3) is 0.978. The van der Waals surface area contributed by atoms with Gasteiger partial charge in [0.05, 0.1) is 0 Å². The Labute approximate surface area is 307 Å². The zero-order chi connectivity index (χ0) is 35.9. The van der Waals surface area contributed by atoms with Crippen molar-refractivity contribution in [3.8, 4) is 0 Å². The Morgan fingerprint density at radius 2 is 0.796 bits per heavy atom.